The second-order valence-corrected chi connectivity index (χ2v) is 5.35. The van der Waals surface area contributed by atoms with Crippen LogP contribution in [0.5, 0.6) is 0 Å². The smallest absolute Gasteiger partial charge is 0.175 e. The second kappa shape index (κ2) is 2.04. The predicted molar refractivity (Wildman–Crippen MR) is 45.8 cm³/mol. The molecule has 1 fully saturated rings. The lowest BCUT2D eigenvalue weighted by Crippen LogP contribution is -2.54. The van der Waals surface area contributed by atoms with Gasteiger partial charge in [-0.1, -0.05) is 18.3 Å². The standard InChI is InChI=1S/C6H7NO2S2/c8-11(9)3-1-2-7-5(10)4-6(7)11/h1-2,6H,3-4H2/t6-/m1/s1. The van der Waals surface area contributed by atoms with Crippen LogP contribution in [-0.4, -0.2) is 29.4 Å². The summed E-state index contributed by atoms with van der Waals surface area (Å²) in [6.07, 6.45) is 3.93. The molecule has 3 nitrogen and oxygen atoms in total. The van der Waals surface area contributed by atoms with Crippen LogP contribution in [0.1, 0.15) is 6.42 Å². The van der Waals surface area contributed by atoms with Crippen LogP contribution in [-0.2, 0) is 9.84 Å². The second-order valence-electron chi connectivity index (χ2n) is 2.67. The van der Waals surface area contributed by atoms with Gasteiger partial charge in [0.25, 0.3) is 0 Å². The van der Waals surface area contributed by atoms with Gasteiger partial charge in [-0.05, 0) is 0 Å². The predicted octanol–water partition coefficient (Wildman–Crippen LogP) is 0.288. The molecule has 0 aromatic carbocycles. The average Bonchev–Trinajstić information content (AvgIpc) is 1.91. The topological polar surface area (TPSA) is 37.4 Å². The van der Waals surface area contributed by atoms with E-state index in [0.717, 1.165) is 4.99 Å². The van der Waals surface area contributed by atoms with Gasteiger partial charge in [0.2, 0.25) is 0 Å². The SMILES string of the molecule is O=S1(=O)CC=CN2C(=S)C[C@H]21. The van der Waals surface area contributed by atoms with Gasteiger partial charge in [-0.15, -0.1) is 0 Å². The van der Waals surface area contributed by atoms with E-state index in [1.807, 2.05) is 0 Å². The summed E-state index contributed by atoms with van der Waals surface area (Å²) in [5.74, 6) is 0.163. The largest absolute Gasteiger partial charge is 0.325 e. The minimum atomic E-state index is -2.91. The lowest BCUT2D eigenvalue weighted by atomic mass is 10.2. The van der Waals surface area contributed by atoms with Crippen LogP contribution in [0.4, 0.5) is 0 Å². The molecular formula is C6H7NO2S2. The minimum absolute atomic E-state index is 0.163. The zero-order valence-corrected chi connectivity index (χ0v) is 7.36. The van der Waals surface area contributed by atoms with E-state index in [0.29, 0.717) is 6.42 Å². The van der Waals surface area contributed by atoms with Crippen LogP contribution in [0.3, 0.4) is 0 Å². The van der Waals surface area contributed by atoms with E-state index in [1.54, 1.807) is 17.2 Å². The molecule has 0 saturated carbocycles. The molecule has 0 amide bonds. The fourth-order valence-electron chi connectivity index (χ4n) is 1.28. The maximum atomic E-state index is 11.2. The molecule has 0 N–H and O–H groups in total. The average molecular weight is 189 g/mol. The molecule has 60 valence electrons. The molecule has 2 aliphatic heterocycles. The van der Waals surface area contributed by atoms with Crippen molar-refractivity contribution in [2.24, 2.45) is 0 Å². The van der Waals surface area contributed by atoms with Crippen LogP contribution in [0.25, 0.3) is 0 Å². The molecule has 11 heavy (non-hydrogen) atoms. The molecule has 0 bridgehead atoms. The fourth-order valence-corrected chi connectivity index (χ4v) is 3.33. The Labute approximate surface area is 70.6 Å². The van der Waals surface area contributed by atoms with E-state index < -0.39 is 9.84 Å². The Bertz CT molecular complexity index is 330. The Balaban J connectivity index is 2.39. The number of sulfone groups is 1. The highest BCUT2D eigenvalue weighted by Gasteiger charge is 2.42. The van der Waals surface area contributed by atoms with Crippen LogP contribution >= 0.6 is 12.2 Å². The van der Waals surface area contributed by atoms with Crippen molar-refractivity contribution in [3.8, 4) is 0 Å². The molecule has 2 rings (SSSR count). The van der Waals surface area contributed by atoms with E-state index in [2.05, 4.69) is 0 Å². The summed E-state index contributed by atoms with van der Waals surface area (Å²) in [6, 6.07) is 0. The summed E-state index contributed by atoms with van der Waals surface area (Å²) >= 11 is 4.89. The molecule has 2 heterocycles. The van der Waals surface area contributed by atoms with Crippen molar-refractivity contribution in [2.75, 3.05) is 5.75 Å². The monoisotopic (exact) mass is 189 g/mol. The van der Waals surface area contributed by atoms with Gasteiger partial charge in [-0.3, -0.25) is 0 Å². The Kier molecular flexibility index (Phi) is 1.34. The van der Waals surface area contributed by atoms with Gasteiger partial charge < -0.3 is 4.90 Å². The first kappa shape index (κ1) is 7.24. The van der Waals surface area contributed by atoms with E-state index in [-0.39, 0.29) is 11.1 Å². The van der Waals surface area contributed by atoms with Gasteiger partial charge in [0.1, 0.15) is 5.37 Å². The molecule has 0 aromatic rings. The van der Waals surface area contributed by atoms with Crippen molar-refractivity contribution in [1.29, 1.82) is 0 Å². The molecule has 0 aromatic heterocycles. The Morgan fingerprint density at radius 2 is 2.36 bits per heavy atom. The zero-order valence-electron chi connectivity index (χ0n) is 5.73. The fraction of sp³-hybridized carbons (Fsp3) is 0.500. The van der Waals surface area contributed by atoms with Crippen molar-refractivity contribution >= 4 is 27.0 Å². The number of thiocarbonyl (C=S) groups is 1. The molecule has 1 saturated heterocycles. The summed E-state index contributed by atoms with van der Waals surface area (Å²) in [4.78, 5) is 2.38. The summed E-state index contributed by atoms with van der Waals surface area (Å²) in [7, 11) is -2.91. The third-order valence-electron chi connectivity index (χ3n) is 1.96. The van der Waals surface area contributed by atoms with Gasteiger partial charge in [0.15, 0.2) is 9.84 Å². The van der Waals surface area contributed by atoms with E-state index in [9.17, 15) is 8.42 Å². The first-order valence-electron chi connectivity index (χ1n) is 3.31. The van der Waals surface area contributed by atoms with Gasteiger partial charge in [0.05, 0.1) is 10.7 Å². The quantitative estimate of drug-likeness (QED) is 0.513. The minimum Gasteiger partial charge on any atom is -0.325 e. The number of rotatable bonds is 0. The summed E-state index contributed by atoms with van der Waals surface area (Å²) in [5, 5.41) is -0.347. The van der Waals surface area contributed by atoms with Gasteiger partial charge >= 0.3 is 0 Å². The van der Waals surface area contributed by atoms with Crippen molar-refractivity contribution in [1.82, 2.24) is 4.90 Å². The highest BCUT2D eigenvalue weighted by Crippen LogP contribution is 2.29. The first-order valence-corrected chi connectivity index (χ1v) is 5.43. The normalized spacial score (nSPS) is 32.9. The van der Waals surface area contributed by atoms with Crippen LogP contribution < -0.4 is 0 Å². The Morgan fingerprint density at radius 1 is 1.64 bits per heavy atom. The lowest BCUT2D eigenvalue weighted by molar-refractivity contribution is 0.411. The molecule has 5 heteroatoms. The summed E-state index contributed by atoms with van der Waals surface area (Å²) < 4.78 is 22.5. The molecular weight excluding hydrogens is 182 g/mol. The van der Waals surface area contributed by atoms with Crippen LogP contribution in [0.2, 0.25) is 0 Å². The lowest BCUT2D eigenvalue weighted by Gasteiger charge is -2.41. The molecule has 0 radical (unpaired) electrons. The maximum Gasteiger partial charge on any atom is 0.175 e. The van der Waals surface area contributed by atoms with Crippen molar-refractivity contribution in [3.63, 3.8) is 0 Å². The van der Waals surface area contributed by atoms with E-state index in [4.69, 9.17) is 12.2 Å². The molecule has 0 spiro atoms. The third kappa shape index (κ3) is 0.911. The Morgan fingerprint density at radius 3 is 2.91 bits per heavy atom. The molecule has 0 unspecified atom stereocenters. The molecule has 2 aliphatic rings. The van der Waals surface area contributed by atoms with Gasteiger partial charge in [-0.2, -0.15) is 0 Å². The number of hydrogen-bond acceptors (Lipinski definition) is 3. The number of hydrogen-bond donors (Lipinski definition) is 0. The zero-order chi connectivity index (χ0) is 8.06. The van der Waals surface area contributed by atoms with Crippen molar-refractivity contribution in [3.05, 3.63) is 12.3 Å². The van der Waals surface area contributed by atoms with Gasteiger partial charge in [0, 0.05) is 12.6 Å². The van der Waals surface area contributed by atoms with E-state index >= 15 is 0 Å². The van der Waals surface area contributed by atoms with Crippen LogP contribution in [0, 0.1) is 0 Å². The summed E-state index contributed by atoms with van der Waals surface area (Å²) in [5.41, 5.74) is 0. The van der Waals surface area contributed by atoms with Crippen molar-refractivity contribution in [2.45, 2.75) is 11.8 Å². The van der Waals surface area contributed by atoms with Crippen LogP contribution in [0.15, 0.2) is 12.3 Å². The maximum absolute atomic E-state index is 11.2. The highest BCUT2D eigenvalue weighted by molar-refractivity contribution is 7.92. The Hall–Kier alpha value is -0.420. The summed E-state index contributed by atoms with van der Waals surface area (Å²) in [6.45, 7) is 0. The molecule has 1 atom stereocenters. The number of nitrogens with zero attached hydrogens (tertiary/aromatic N) is 1. The highest BCUT2D eigenvalue weighted by atomic mass is 32.2. The molecule has 0 aliphatic carbocycles. The van der Waals surface area contributed by atoms with Gasteiger partial charge in [-0.25, -0.2) is 8.42 Å². The van der Waals surface area contributed by atoms with E-state index in [1.165, 1.54) is 0 Å². The third-order valence-corrected chi connectivity index (χ3v) is 4.21. The first-order chi connectivity index (χ1) is 5.11. The van der Waals surface area contributed by atoms with Crippen molar-refractivity contribution < 1.29 is 8.42 Å². The number of fused-ring (bicyclic) bond motifs is 1.